The molecule has 0 aromatic carbocycles. The number of rotatable bonds is 5. The van der Waals surface area contributed by atoms with E-state index in [1.165, 1.54) is 25.7 Å². The lowest BCUT2D eigenvalue weighted by atomic mass is 10.1. The van der Waals surface area contributed by atoms with Gasteiger partial charge < -0.3 is 19.7 Å². The Morgan fingerprint density at radius 2 is 2.24 bits per heavy atom. The summed E-state index contributed by atoms with van der Waals surface area (Å²) in [6.45, 7) is 5.89. The summed E-state index contributed by atoms with van der Waals surface area (Å²) in [5.41, 5.74) is 0. The van der Waals surface area contributed by atoms with Crippen molar-refractivity contribution in [3.8, 4) is 0 Å². The number of nitrogens with one attached hydrogen (secondary N) is 1. The molecule has 2 unspecified atom stereocenters. The lowest BCUT2D eigenvalue weighted by Gasteiger charge is -2.29. The lowest BCUT2D eigenvalue weighted by Crippen LogP contribution is -2.43. The van der Waals surface area contributed by atoms with Crippen molar-refractivity contribution in [2.24, 2.45) is 0 Å². The van der Waals surface area contributed by atoms with Crippen LogP contribution in [0.5, 0.6) is 0 Å². The molecule has 4 heteroatoms. The molecule has 0 amide bonds. The summed E-state index contributed by atoms with van der Waals surface area (Å²) < 4.78 is 11.2. The first kappa shape index (κ1) is 13.3. The van der Waals surface area contributed by atoms with Gasteiger partial charge in [0.15, 0.2) is 0 Å². The van der Waals surface area contributed by atoms with E-state index in [4.69, 9.17) is 9.47 Å². The standard InChI is InChI=1S/C13H26N2O2/c1-15(10-13-4-2-3-8-17-13)7-5-12-11-16-9-6-14-12/h12-14H,2-11H2,1H3. The maximum Gasteiger partial charge on any atom is 0.0701 e. The fraction of sp³-hybridized carbons (Fsp3) is 1.00. The van der Waals surface area contributed by atoms with Crippen molar-refractivity contribution in [2.45, 2.75) is 37.8 Å². The van der Waals surface area contributed by atoms with Gasteiger partial charge in [-0.25, -0.2) is 0 Å². The number of hydrogen-bond donors (Lipinski definition) is 1. The van der Waals surface area contributed by atoms with Crippen LogP contribution >= 0.6 is 0 Å². The third-order valence-electron chi connectivity index (χ3n) is 3.65. The summed E-state index contributed by atoms with van der Waals surface area (Å²) >= 11 is 0. The van der Waals surface area contributed by atoms with Crippen molar-refractivity contribution in [1.82, 2.24) is 10.2 Å². The summed E-state index contributed by atoms with van der Waals surface area (Å²) in [4.78, 5) is 2.40. The van der Waals surface area contributed by atoms with Crippen LogP contribution in [0.4, 0.5) is 0 Å². The fourth-order valence-electron chi connectivity index (χ4n) is 2.57. The van der Waals surface area contributed by atoms with Crippen LogP contribution in [-0.4, -0.2) is 63.5 Å². The highest BCUT2D eigenvalue weighted by Crippen LogP contribution is 2.13. The van der Waals surface area contributed by atoms with Crippen molar-refractivity contribution in [1.29, 1.82) is 0 Å². The Morgan fingerprint density at radius 3 is 2.94 bits per heavy atom. The van der Waals surface area contributed by atoms with Gasteiger partial charge in [-0.15, -0.1) is 0 Å². The average molecular weight is 242 g/mol. The molecule has 0 bridgehead atoms. The molecule has 2 fully saturated rings. The third-order valence-corrected chi connectivity index (χ3v) is 3.65. The Bertz CT molecular complexity index is 202. The average Bonchev–Trinajstić information content (AvgIpc) is 2.39. The van der Waals surface area contributed by atoms with Gasteiger partial charge in [0.05, 0.1) is 19.3 Å². The molecule has 2 atom stereocenters. The molecule has 0 saturated carbocycles. The Morgan fingerprint density at radius 1 is 1.29 bits per heavy atom. The van der Waals surface area contributed by atoms with E-state index in [1.807, 2.05) is 0 Å². The van der Waals surface area contributed by atoms with Gasteiger partial charge >= 0.3 is 0 Å². The van der Waals surface area contributed by atoms with Gasteiger partial charge in [-0.05, 0) is 39.3 Å². The van der Waals surface area contributed by atoms with Crippen LogP contribution in [0.15, 0.2) is 0 Å². The highest BCUT2D eigenvalue weighted by atomic mass is 16.5. The minimum atomic E-state index is 0.462. The van der Waals surface area contributed by atoms with Gasteiger partial charge in [-0.3, -0.25) is 0 Å². The Kier molecular flexibility index (Phi) is 5.71. The smallest absolute Gasteiger partial charge is 0.0701 e. The van der Waals surface area contributed by atoms with E-state index >= 15 is 0 Å². The highest BCUT2D eigenvalue weighted by molar-refractivity contribution is 4.73. The largest absolute Gasteiger partial charge is 0.379 e. The summed E-state index contributed by atoms with van der Waals surface area (Å²) in [5.74, 6) is 0. The number of nitrogens with zero attached hydrogens (tertiary/aromatic N) is 1. The van der Waals surface area contributed by atoms with Gasteiger partial charge in [0, 0.05) is 25.7 Å². The number of morpholine rings is 1. The van der Waals surface area contributed by atoms with Gasteiger partial charge in [0.2, 0.25) is 0 Å². The molecule has 2 aliphatic rings. The topological polar surface area (TPSA) is 33.7 Å². The Balaban J connectivity index is 1.57. The molecule has 17 heavy (non-hydrogen) atoms. The first-order valence-electron chi connectivity index (χ1n) is 6.96. The predicted molar refractivity (Wildman–Crippen MR) is 68.3 cm³/mol. The lowest BCUT2D eigenvalue weighted by molar-refractivity contribution is -0.00294. The van der Waals surface area contributed by atoms with E-state index in [0.717, 1.165) is 39.5 Å². The second-order valence-electron chi connectivity index (χ2n) is 5.27. The molecule has 2 aliphatic heterocycles. The van der Waals surface area contributed by atoms with Crippen LogP contribution in [0.1, 0.15) is 25.7 Å². The first-order chi connectivity index (χ1) is 8.34. The maximum absolute atomic E-state index is 5.76. The van der Waals surface area contributed by atoms with E-state index in [9.17, 15) is 0 Å². The second kappa shape index (κ2) is 7.31. The van der Waals surface area contributed by atoms with E-state index in [0.29, 0.717) is 12.1 Å². The van der Waals surface area contributed by atoms with Gasteiger partial charge in [-0.1, -0.05) is 0 Å². The van der Waals surface area contributed by atoms with Crippen molar-refractivity contribution < 1.29 is 9.47 Å². The summed E-state index contributed by atoms with van der Waals surface area (Å²) in [6, 6.07) is 0.540. The van der Waals surface area contributed by atoms with E-state index in [1.54, 1.807) is 0 Å². The van der Waals surface area contributed by atoms with Crippen LogP contribution < -0.4 is 5.32 Å². The minimum Gasteiger partial charge on any atom is -0.379 e. The molecule has 4 nitrogen and oxygen atoms in total. The van der Waals surface area contributed by atoms with Gasteiger partial charge in [-0.2, -0.15) is 0 Å². The van der Waals surface area contributed by atoms with Crippen molar-refractivity contribution in [2.75, 3.05) is 46.5 Å². The maximum atomic E-state index is 5.76. The van der Waals surface area contributed by atoms with Crippen LogP contribution in [0.2, 0.25) is 0 Å². The van der Waals surface area contributed by atoms with Gasteiger partial charge in [0.1, 0.15) is 0 Å². The molecule has 0 aromatic heterocycles. The van der Waals surface area contributed by atoms with Crippen molar-refractivity contribution in [3.63, 3.8) is 0 Å². The summed E-state index contributed by atoms with van der Waals surface area (Å²) in [7, 11) is 2.20. The zero-order valence-corrected chi connectivity index (χ0v) is 11.0. The minimum absolute atomic E-state index is 0.462. The summed E-state index contributed by atoms with van der Waals surface area (Å²) in [5, 5.41) is 3.50. The number of ether oxygens (including phenoxy) is 2. The van der Waals surface area contributed by atoms with Crippen LogP contribution in [0.3, 0.4) is 0 Å². The van der Waals surface area contributed by atoms with Gasteiger partial charge in [0.25, 0.3) is 0 Å². The molecule has 0 aliphatic carbocycles. The van der Waals surface area contributed by atoms with E-state index in [2.05, 4.69) is 17.3 Å². The molecule has 100 valence electrons. The third kappa shape index (κ3) is 4.92. The molecule has 2 saturated heterocycles. The normalized spacial score (nSPS) is 30.7. The molecule has 2 heterocycles. The zero-order chi connectivity index (χ0) is 11.9. The van der Waals surface area contributed by atoms with Crippen molar-refractivity contribution in [3.05, 3.63) is 0 Å². The molecule has 2 rings (SSSR count). The van der Waals surface area contributed by atoms with E-state index in [-0.39, 0.29) is 0 Å². The molecule has 0 aromatic rings. The Labute approximate surface area is 105 Å². The molecule has 0 spiro atoms. The molecule has 0 radical (unpaired) electrons. The van der Waals surface area contributed by atoms with Crippen LogP contribution in [0, 0.1) is 0 Å². The van der Waals surface area contributed by atoms with Crippen molar-refractivity contribution >= 4 is 0 Å². The highest BCUT2D eigenvalue weighted by Gasteiger charge is 2.17. The quantitative estimate of drug-likeness (QED) is 0.775. The molecular weight excluding hydrogens is 216 g/mol. The number of likely N-dealkylation sites (N-methyl/N-ethyl adjacent to an activating group) is 1. The molecular formula is C13H26N2O2. The second-order valence-corrected chi connectivity index (χ2v) is 5.27. The Hall–Kier alpha value is -0.160. The fourth-order valence-corrected chi connectivity index (χ4v) is 2.57. The molecule has 1 N–H and O–H groups in total. The zero-order valence-electron chi connectivity index (χ0n) is 11.0. The SMILES string of the molecule is CN(CCC1COCCN1)CC1CCCCO1. The van der Waals surface area contributed by atoms with Crippen LogP contribution in [0.25, 0.3) is 0 Å². The van der Waals surface area contributed by atoms with E-state index < -0.39 is 0 Å². The number of hydrogen-bond acceptors (Lipinski definition) is 4. The monoisotopic (exact) mass is 242 g/mol. The summed E-state index contributed by atoms with van der Waals surface area (Å²) in [6.07, 6.45) is 5.43. The first-order valence-corrected chi connectivity index (χ1v) is 6.96. The predicted octanol–water partition coefficient (Wildman–Crippen LogP) is 0.866. The van der Waals surface area contributed by atoms with Crippen LogP contribution in [-0.2, 0) is 9.47 Å².